The van der Waals surface area contributed by atoms with Crippen molar-refractivity contribution in [2.24, 2.45) is 0 Å². The van der Waals surface area contributed by atoms with Gasteiger partial charge >= 0.3 is 5.97 Å². The van der Waals surface area contributed by atoms with Gasteiger partial charge < -0.3 is 14.6 Å². The second-order valence-electron chi connectivity index (χ2n) is 4.65. The molecule has 1 amide bonds. The highest BCUT2D eigenvalue weighted by Gasteiger charge is 2.10. The Bertz CT molecular complexity index is 656. The summed E-state index contributed by atoms with van der Waals surface area (Å²) in [6.07, 6.45) is 1.34. The van der Waals surface area contributed by atoms with E-state index in [1.165, 1.54) is 24.1 Å². The van der Waals surface area contributed by atoms with Gasteiger partial charge in [-0.2, -0.15) is 0 Å². The van der Waals surface area contributed by atoms with Crippen molar-refractivity contribution in [3.05, 3.63) is 41.7 Å². The molecule has 0 atom stereocenters. The Kier molecular flexibility index (Phi) is 5.60. The Morgan fingerprint density at radius 2 is 2.14 bits per heavy atom. The zero-order valence-corrected chi connectivity index (χ0v) is 13.1. The van der Waals surface area contributed by atoms with E-state index in [2.05, 4.69) is 15.0 Å². The lowest BCUT2D eigenvalue weighted by Gasteiger charge is -2.07. The number of benzene rings is 1. The van der Waals surface area contributed by atoms with Gasteiger partial charge in [-0.15, -0.1) is 11.8 Å². The molecule has 0 radical (unpaired) electrons. The van der Waals surface area contributed by atoms with Crippen LogP contribution < -0.4 is 5.32 Å². The molecular weight excluding hydrogens is 304 g/mol. The van der Waals surface area contributed by atoms with E-state index in [1.807, 2.05) is 32.0 Å². The van der Waals surface area contributed by atoms with Crippen LogP contribution in [0.1, 0.15) is 11.1 Å². The maximum absolute atomic E-state index is 11.7. The highest BCUT2D eigenvalue weighted by molar-refractivity contribution is 8.00. The number of ether oxygens (including phenoxy) is 1. The molecule has 22 heavy (non-hydrogen) atoms. The van der Waals surface area contributed by atoms with Crippen LogP contribution >= 0.6 is 11.8 Å². The number of anilines is 1. The maximum atomic E-state index is 11.7. The molecule has 0 bridgehead atoms. The van der Waals surface area contributed by atoms with Crippen LogP contribution in [-0.4, -0.2) is 29.4 Å². The van der Waals surface area contributed by atoms with Crippen LogP contribution in [0, 0.1) is 13.8 Å². The molecule has 1 aromatic heterocycles. The summed E-state index contributed by atoms with van der Waals surface area (Å²) in [4.78, 5) is 24.2. The average molecular weight is 320 g/mol. The largest absolute Gasteiger partial charge is 0.455 e. The third-order valence-corrected chi connectivity index (χ3v) is 3.89. The van der Waals surface area contributed by atoms with Crippen LogP contribution in [0.4, 0.5) is 5.82 Å². The van der Waals surface area contributed by atoms with Gasteiger partial charge in [-0.3, -0.25) is 9.59 Å². The summed E-state index contributed by atoms with van der Waals surface area (Å²) in [6.45, 7) is 3.63. The van der Waals surface area contributed by atoms with Crippen molar-refractivity contribution < 1.29 is 18.8 Å². The standard InChI is InChI=1S/C15H16N2O4S/c1-10-3-4-11(2)12(7-10)22-9-15(19)20-8-14(18)16-13-5-6-21-17-13/h3-7H,8-9H2,1-2H3,(H,16,17,18). The lowest BCUT2D eigenvalue weighted by atomic mass is 10.2. The summed E-state index contributed by atoms with van der Waals surface area (Å²) in [5, 5.41) is 5.97. The first-order valence-corrected chi connectivity index (χ1v) is 7.59. The fourth-order valence-electron chi connectivity index (χ4n) is 1.64. The van der Waals surface area contributed by atoms with E-state index in [0.29, 0.717) is 0 Å². The van der Waals surface area contributed by atoms with Crippen LogP contribution in [0.2, 0.25) is 0 Å². The molecule has 1 aromatic carbocycles. The summed E-state index contributed by atoms with van der Waals surface area (Å²) < 4.78 is 9.49. The van der Waals surface area contributed by atoms with Crippen molar-refractivity contribution in [3.63, 3.8) is 0 Å². The van der Waals surface area contributed by atoms with Gasteiger partial charge in [0.1, 0.15) is 6.26 Å². The summed E-state index contributed by atoms with van der Waals surface area (Å²) >= 11 is 1.39. The number of amides is 1. The minimum atomic E-state index is -0.459. The Hall–Kier alpha value is -2.28. The molecule has 0 saturated carbocycles. The van der Waals surface area contributed by atoms with Crippen LogP contribution in [0.15, 0.2) is 39.9 Å². The number of hydrogen-bond donors (Lipinski definition) is 1. The Morgan fingerprint density at radius 3 is 2.86 bits per heavy atom. The number of thioether (sulfide) groups is 1. The minimum absolute atomic E-state index is 0.154. The van der Waals surface area contributed by atoms with Crippen LogP contribution in [0.25, 0.3) is 0 Å². The number of aryl methyl sites for hydroxylation is 2. The second kappa shape index (κ2) is 7.65. The van der Waals surface area contributed by atoms with E-state index in [-0.39, 0.29) is 18.2 Å². The van der Waals surface area contributed by atoms with Gasteiger partial charge in [0.05, 0.1) is 5.75 Å². The number of carbonyl (C=O) groups excluding carboxylic acids is 2. The average Bonchev–Trinajstić information content (AvgIpc) is 2.99. The first-order valence-electron chi connectivity index (χ1n) is 6.60. The highest BCUT2D eigenvalue weighted by atomic mass is 32.2. The molecule has 0 unspecified atom stereocenters. The van der Waals surface area contributed by atoms with Crippen LogP contribution in [-0.2, 0) is 14.3 Å². The van der Waals surface area contributed by atoms with Gasteiger partial charge in [-0.25, -0.2) is 0 Å². The van der Waals surface area contributed by atoms with Gasteiger partial charge in [-0.05, 0) is 25.5 Å². The van der Waals surface area contributed by atoms with Crippen LogP contribution in [0.5, 0.6) is 0 Å². The number of rotatable bonds is 6. The number of carbonyl (C=O) groups is 2. The SMILES string of the molecule is Cc1ccc(C)c(SCC(=O)OCC(=O)Nc2ccon2)c1. The van der Waals surface area contributed by atoms with E-state index >= 15 is 0 Å². The van der Waals surface area contributed by atoms with Crippen molar-refractivity contribution >= 4 is 29.5 Å². The van der Waals surface area contributed by atoms with E-state index < -0.39 is 11.9 Å². The smallest absolute Gasteiger partial charge is 0.316 e. The predicted octanol–water partition coefficient (Wildman–Crippen LogP) is 2.57. The molecule has 7 heteroatoms. The third-order valence-electron chi connectivity index (χ3n) is 2.76. The zero-order chi connectivity index (χ0) is 15.9. The van der Waals surface area contributed by atoms with Gasteiger partial charge in [0, 0.05) is 11.0 Å². The molecule has 0 aliphatic rings. The topological polar surface area (TPSA) is 81.4 Å². The minimum Gasteiger partial charge on any atom is -0.455 e. The first kappa shape index (κ1) is 16.1. The monoisotopic (exact) mass is 320 g/mol. The second-order valence-corrected chi connectivity index (χ2v) is 5.67. The van der Waals surface area contributed by atoms with Gasteiger partial charge in [0.2, 0.25) is 0 Å². The molecule has 1 N–H and O–H groups in total. The Labute approximate surface area is 132 Å². The predicted molar refractivity (Wildman–Crippen MR) is 82.7 cm³/mol. The molecule has 2 aromatic rings. The van der Waals surface area contributed by atoms with Crippen molar-refractivity contribution in [3.8, 4) is 0 Å². The molecule has 0 saturated heterocycles. The van der Waals surface area contributed by atoms with Crippen molar-refractivity contribution in [1.82, 2.24) is 5.16 Å². The summed E-state index contributed by atoms with van der Waals surface area (Å²) in [7, 11) is 0. The Morgan fingerprint density at radius 1 is 1.32 bits per heavy atom. The van der Waals surface area contributed by atoms with Crippen molar-refractivity contribution in [1.29, 1.82) is 0 Å². The number of aromatic nitrogens is 1. The maximum Gasteiger partial charge on any atom is 0.316 e. The molecule has 116 valence electrons. The summed E-state index contributed by atoms with van der Waals surface area (Å²) in [6, 6.07) is 7.54. The third kappa shape index (κ3) is 4.92. The van der Waals surface area contributed by atoms with Gasteiger partial charge in [0.15, 0.2) is 12.4 Å². The number of nitrogens with one attached hydrogen (secondary N) is 1. The van der Waals surface area contributed by atoms with Gasteiger partial charge in [-0.1, -0.05) is 22.9 Å². The first-order chi connectivity index (χ1) is 10.5. The Balaban J connectivity index is 1.74. The summed E-state index contributed by atoms with van der Waals surface area (Å²) in [5.74, 6) is -0.465. The lowest BCUT2D eigenvalue weighted by molar-refractivity contribution is -0.144. The molecule has 0 spiro atoms. The molecular formula is C15H16N2O4S. The quantitative estimate of drug-likeness (QED) is 0.651. The number of nitrogens with zero attached hydrogens (tertiary/aromatic N) is 1. The molecule has 2 rings (SSSR count). The molecule has 6 nitrogen and oxygen atoms in total. The number of esters is 1. The van der Waals surface area contributed by atoms with E-state index in [1.54, 1.807) is 0 Å². The molecule has 0 aliphatic carbocycles. The fraction of sp³-hybridized carbons (Fsp3) is 0.267. The normalized spacial score (nSPS) is 10.3. The fourth-order valence-corrected chi connectivity index (χ4v) is 2.56. The van der Waals surface area contributed by atoms with Crippen molar-refractivity contribution in [2.45, 2.75) is 18.7 Å². The van der Waals surface area contributed by atoms with Crippen LogP contribution in [0.3, 0.4) is 0 Å². The molecule has 0 fully saturated rings. The zero-order valence-electron chi connectivity index (χ0n) is 12.3. The molecule has 1 heterocycles. The van der Waals surface area contributed by atoms with E-state index in [9.17, 15) is 9.59 Å². The van der Waals surface area contributed by atoms with E-state index in [4.69, 9.17) is 4.74 Å². The van der Waals surface area contributed by atoms with Crippen molar-refractivity contribution in [2.75, 3.05) is 17.7 Å². The molecule has 0 aliphatic heterocycles. The highest BCUT2D eigenvalue weighted by Crippen LogP contribution is 2.23. The lowest BCUT2D eigenvalue weighted by Crippen LogP contribution is -2.21. The number of hydrogen-bond acceptors (Lipinski definition) is 6. The summed E-state index contributed by atoms with van der Waals surface area (Å²) in [5.41, 5.74) is 2.24. The van der Waals surface area contributed by atoms with Gasteiger partial charge in [0.25, 0.3) is 5.91 Å². The van der Waals surface area contributed by atoms with E-state index in [0.717, 1.165) is 16.0 Å².